The number of aliphatic imine (C=N–C) groups is 1. The number of carbonyl (C=O) groups excluding carboxylic acids is 1. The van der Waals surface area contributed by atoms with Crippen molar-refractivity contribution in [2.24, 2.45) is 10.9 Å². The normalized spacial score (nSPS) is 19.1. The second-order valence-electron chi connectivity index (χ2n) is 8.13. The summed E-state index contributed by atoms with van der Waals surface area (Å²) in [6.45, 7) is 4.15. The standard InChI is InChI=1S/C22H33ClFN5O.HI/c1-25-20(30)14-16-8-12-29(13-9-16)22(26-2)27-15-19(28-10-3-4-11-28)21-17(23)6-5-7-18(21)24;/h5-7,16,19H,3-4,8-15H2,1-2H3,(H,25,30)(H,26,27);1H. The van der Waals surface area contributed by atoms with Gasteiger partial charge in [-0.25, -0.2) is 4.39 Å². The molecule has 0 saturated carbocycles. The molecule has 2 aliphatic heterocycles. The molecule has 6 nitrogen and oxygen atoms in total. The van der Waals surface area contributed by atoms with Crippen LogP contribution in [0.5, 0.6) is 0 Å². The maximum Gasteiger partial charge on any atom is 0.220 e. The number of hydrogen-bond donors (Lipinski definition) is 2. The lowest BCUT2D eigenvalue weighted by atomic mass is 9.93. The molecule has 2 N–H and O–H groups in total. The summed E-state index contributed by atoms with van der Waals surface area (Å²) in [5.74, 6) is 1.08. The molecule has 1 aromatic rings. The molecule has 2 aliphatic rings. The highest BCUT2D eigenvalue weighted by Crippen LogP contribution is 2.32. The van der Waals surface area contributed by atoms with E-state index in [9.17, 15) is 9.18 Å². The van der Waals surface area contributed by atoms with Crippen LogP contribution in [0.1, 0.15) is 43.7 Å². The third kappa shape index (κ3) is 6.92. The SMILES string of the molecule is CN=C(NCC(c1c(F)cccc1Cl)N1CCCC1)N1CCC(CC(=O)NC)CC1.I. The van der Waals surface area contributed by atoms with E-state index < -0.39 is 0 Å². The first-order valence-electron chi connectivity index (χ1n) is 10.9. The first-order valence-corrected chi connectivity index (χ1v) is 11.3. The molecule has 0 aromatic heterocycles. The zero-order valence-corrected chi connectivity index (χ0v) is 21.5. The van der Waals surface area contributed by atoms with E-state index in [4.69, 9.17) is 11.6 Å². The van der Waals surface area contributed by atoms with Gasteiger partial charge in [0.1, 0.15) is 5.82 Å². The third-order valence-electron chi connectivity index (χ3n) is 6.25. The van der Waals surface area contributed by atoms with E-state index in [1.807, 2.05) is 0 Å². The van der Waals surface area contributed by atoms with Gasteiger partial charge in [0.15, 0.2) is 5.96 Å². The molecule has 0 spiro atoms. The van der Waals surface area contributed by atoms with Crippen LogP contribution in [0.2, 0.25) is 5.02 Å². The molecular weight excluding hydrogens is 532 g/mol. The Balaban J connectivity index is 0.00000341. The number of amides is 1. The number of nitrogens with one attached hydrogen (secondary N) is 2. The van der Waals surface area contributed by atoms with Crippen LogP contribution < -0.4 is 10.6 Å². The van der Waals surface area contributed by atoms with Crippen molar-refractivity contribution < 1.29 is 9.18 Å². The van der Waals surface area contributed by atoms with Crippen LogP contribution in [0.3, 0.4) is 0 Å². The molecule has 174 valence electrons. The van der Waals surface area contributed by atoms with E-state index in [1.54, 1.807) is 26.2 Å². The molecule has 2 saturated heterocycles. The van der Waals surface area contributed by atoms with Gasteiger partial charge in [0, 0.05) is 50.7 Å². The maximum atomic E-state index is 14.7. The zero-order chi connectivity index (χ0) is 21.5. The van der Waals surface area contributed by atoms with Gasteiger partial charge in [-0.2, -0.15) is 0 Å². The number of benzene rings is 1. The van der Waals surface area contributed by atoms with E-state index in [1.165, 1.54) is 6.07 Å². The predicted molar refractivity (Wildman–Crippen MR) is 135 cm³/mol. The Morgan fingerprint density at radius 3 is 2.52 bits per heavy atom. The van der Waals surface area contributed by atoms with Crippen molar-refractivity contribution in [1.29, 1.82) is 0 Å². The molecule has 31 heavy (non-hydrogen) atoms. The number of carbonyl (C=O) groups is 1. The molecule has 0 bridgehead atoms. The summed E-state index contributed by atoms with van der Waals surface area (Å²) in [7, 11) is 3.46. The van der Waals surface area contributed by atoms with Gasteiger partial charge in [0.05, 0.1) is 6.04 Å². The first kappa shape index (κ1) is 26.1. The van der Waals surface area contributed by atoms with Gasteiger partial charge in [-0.3, -0.25) is 14.7 Å². The summed E-state index contributed by atoms with van der Waals surface area (Å²) in [4.78, 5) is 20.6. The number of nitrogens with zero attached hydrogens (tertiary/aromatic N) is 3. The van der Waals surface area contributed by atoms with Crippen LogP contribution in [0.15, 0.2) is 23.2 Å². The van der Waals surface area contributed by atoms with Gasteiger partial charge in [-0.1, -0.05) is 17.7 Å². The number of piperidine rings is 1. The Kier molecular flexibility index (Phi) is 10.8. The first-order chi connectivity index (χ1) is 14.5. The van der Waals surface area contributed by atoms with Gasteiger partial charge in [0.25, 0.3) is 0 Å². The number of rotatable bonds is 6. The summed E-state index contributed by atoms with van der Waals surface area (Å²) < 4.78 is 14.7. The fourth-order valence-electron chi connectivity index (χ4n) is 4.53. The molecule has 0 radical (unpaired) electrons. The molecule has 1 amide bonds. The van der Waals surface area contributed by atoms with Crippen molar-refractivity contribution >= 4 is 47.4 Å². The van der Waals surface area contributed by atoms with Crippen molar-refractivity contribution in [1.82, 2.24) is 20.4 Å². The molecular formula is C22H34ClFIN5O. The highest BCUT2D eigenvalue weighted by molar-refractivity contribution is 14.0. The van der Waals surface area contributed by atoms with Crippen molar-refractivity contribution in [2.75, 3.05) is 46.8 Å². The van der Waals surface area contributed by atoms with Crippen LogP contribution in [-0.4, -0.2) is 68.5 Å². The maximum absolute atomic E-state index is 14.7. The van der Waals surface area contributed by atoms with E-state index in [2.05, 4.69) is 25.4 Å². The summed E-state index contributed by atoms with van der Waals surface area (Å²) in [5, 5.41) is 6.64. The molecule has 1 atom stereocenters. The summed E-state index contributed by atoms with van der Waals surface area (Å²) in [5.41, 5.74) is 0.563. The number of halogens is 3. The molecule has 2 fully saturated rings. The lowest BCUT2D eigenvalue weighted by Crippen LogP contribution is -2.48. The molecule has 0 aliphatic carbocycles. The van der Waals surface area contributed by atoms with Gasteiger partial charge in [-0.05, 0) is 56.8 Å². The van der Waals surface area contributed by atoms with Crippen molar-refractivity contribution in [3.8, 4) is 0 Å². The summed E-state index contributed by atoms with van der Waals surface area (Å²) >= 11 is 6.40. The molecule has 2 heterocycles. The van der Waals surface area contributed by atoms with Gasteiger partial charge < -0.3 is 15.5 Å². The average Bonchev–Trinajstić information content (AvgIpc) is 3.28. The Labute approximate surface area is 207 Å². The van der Waals surface area contributed by atoms with Crippen molar-refractivity contribution in [3.05, 3.63) is 34.6 Å². The predicted octanol–water partition coefficient (Wildman–Crippen LogP) is 3.66. The van der Waals surface area contributed by atoms with Gasteiger partial charge in [0.2, 0.25) is 5.91 Å². The Morgan fingerprint density at radius 1 is 1.26 bits per heavy atom. The highest BCUT2D eigenvalue weighted by Gasteiger charge is 2.29. The fraction of sp³-hybridized carbons (Fsp3) is 0.636. The average molecular weight is 566 g/mol. The van der Waals surface area contributed by atoms with Crippen LogP contribution in [-0.2, 0) is 4.79 Å². The Bertz CT molecular complexity index is 731. The minimum absolute atomic E-state index is 0. The highest BCUT2D eigenvalue weighted by atomic mass is 127. The lowest BCUT2D eigenvalue weighted by molar-refractivity contribution is -0.121. The number of likely N-dealkylation sites (tertiary alicyclic amines) is 2. The van der Waals surface area contributed by atoms with Crippen LogP contribution >= 0.6 is 35.6 Å². The van der Waals surface area contributed by atoms with E-state index in [0.717, 1.165) is 57.8 Å². The second-order valence-corrected chi connectivity index (χ2v) is 8.54. The van der Waals surface area contributed by atoms with Crippen LogP contribution in [0.4, 0.5) is 4.39 Å². The molecule has 1 unspecified atom stereocenters. The minimum atomic E-state index is -0.258. The van der Waals surface area contributed by atoms with Crippen LogP contribution in [0.25, 0.3) is 0 Å². The fourth-order valence-corrected chi connectivity index (χ4v) is 4.82. The van der Waals surface area contributed by atoms with Gasteiger partial charge >= 0.3 is 0 Å². The summed E-state index contributed by atoms with van der Waals surface area (Å²) in [6, 6.07) is 4.76. The monoisotopic (exact) mass is 565 g/mol. The number of guanidine groups is 1. The van der Waals surface area contributed by atoms with Crippen molar-refractivity contribution in [3.63, 3.8) is 0 Å². The second kappa shape index (κ2) is 12.8. The summed E-state index contributed by atoms with van der Waals surface area (Å²) in [6.07, 6.45) is 4.75. The molecule has 1 aromatic carbocycles. The number of hydrogen-bond acceptors (Lipinski definition) is 3. The zero-order valence-electron chi connectivity index (χ0n) is 18.4. The minimum Gasteiger partial charge on any atom is -0.359 e. The third-order valence-corrected chi connectivity index (χ3v) is 6.58. The van der Waals surface area contributed by atoms with E-state index >= 15 is 0 Å². The van der Waals surface area contributed by atoms with Crippen molar-refractivity contribution in [2.45, 2.75) is 38.1 Å². The smallest absolute Gasteiger partial charge is 0.220 e. The molecule has 9 heteroatoms. The lowest BCUT2D eigenvalue weighted by Gasteiger charge is -2.35. The molecule has 3 rings (SSSR count). The topological polar surface area (TPSA) is 60.0 Å². The largest absolute Gasteiger partial charge is 0.359 e. The van der Waals surface area contributed by atoms with E-state index in [-0.39, 0.29) is 41.7 Å². The quantitative estimate of drug-likeness (QED) is 0.314. The van der Waals surface area contributed by atoms with Crippen LogP contribution in [0, 0.1) is 11.7 Å². The Morgan fingerprint density at radius 2 is 1.94 bits per heavy atom. The van der Waals surface area contributed by atoms with Gasteiger partial charge in [-0.15, -0.1) is 24.0 Å². The Hall–Kier alpha value is -1.13. The van der Waals surface area contributed by atoms with E-state index in [0.29, 0.717) is 29.5 Å².